The van der Waals surface area contributed by atoms with E-state index in [1.165, 1.54) is 0 Å². The quantitative estimate of drug-likeness (QED) is 0.373. The van der Waals surface area contributed by atoms with E-state index in [-0.39, 0.29) is 29.2 Å². The second kappa shape index (κ2) is 9.27. The maximum Gasteiger partial charge on any atom is 0.275 e. The van der Waals surface area contributed by atoms with Gasteiger partial charge < -0.3 is 9.90 Å². The first-order valence-corrected chi connectivity index (χ1v) is 11.7. The van der Waals surface area contributed by atoms with E-state index in [1.54, 1.807) is 28.9 Å². The van der Waals surface area contributed by atoms with Gasteiger partial charge >= 0.3 is 0 Å². The van der Waals surface area contributed by atoms with E-state index < -0.39 is 6.04 Å². The standard InChI is InChI=1S/C28H28N4O3/c1-18-25(24(17-33)31(29-18)22-13-15-23(34)16-14-22)27(20-9-5-3-6-10-20)26-19(2)30-32(28(26)35)21-11-7-4-8-12-21/h3-18,24-25,27,29-30,34H,1-2H3. The molecule has 178 valence electrons. The summed E-state index contributed by atoms with van der Waals surface area (Å²) < 4.78 is 1.57. The zero-order valence-corrected chi connectivity index (χ0v) is 19.6. The van der Waals surface area contributed by atoms with Crippen molar-refractivity contribution in [3.8, 4) is 11.4 Å². The van der Waals surface area contributed by atoms with Gasteiger partial charge in [-0.25, -0.2) is 10.1 Å². The average molecular weight is 469 g/mol. The van der Waals surface area contributed by atoms with Crippen LogP contribution < -0.4 is 16.0 Å². The van der Waals surface area contributed by atoms with Crippen LogP contribution in [-0.4, -0.2) is 33.3 Å². The summed E-state index contributed by atoms with van der Waals surface area (Å²) in [6, 6.07) is 25.5. The Labute approximate surface area is 203 Å². The minimum absolute atomic E-state index is 0.108. The van der Waals surface area contributed by atoms with Gasteiger partial charge in [-0.2, -0.15) is 0 Å². The molecule has 1 fully saturated rings. The number of anilines is 1. The third-order valence-electron chi connectivity index (χ3n) is 6.87. The van der Waals surface area contributed by atoms with Crippen molar-refractivity contribution in [2.24, 2.45) is 5.92 Å². The maximum absolute atomic E-state index is 13.8. The van der Waals surface area contributed by atoms with Crippen molar-refractivity contribution in [3.63, 3.8) is 0 Å². The first kappa shape index (κ1) is 22.7. The van der Waals surface area contributed by atoms with Gasteiger partial charge in [0.05, 0.1) is 11.4 Å². The molecule has 0 spiro atoms. The van der Waals surface area contributed by atoms with Crippen LogP contribution in [0.2, 0.25) is 0 Å². The van der Waals surface area contributed by atoms with Crippen molar-refractivity contribution in [2.75, 3.05) is 5.01 Å². The molecule has 5 rings (SSSR count). The highest BCUT2D eigenvalue weighted by Gasteiger charge is 2.46. The zero-order valence-electron chi connectivity index (χ0n) is 19.6. The first-order chi connectivity index (χ1) is 17.0. The summed E-state index contributed by atoms with van der Waals surface area (Å²) in [6.45, 7) is 3.95. The van der Waals surface area contributed by atoms with Crippen molar-refractivity contribution in [2.45, 2.75) is 31.8 Å². The molecule has 0 saturated carbocycles. The molecule has 0 radical (unpaired) electrons. The monoisotopic (exact) mass is 468 g/mol. The van der Waals surface area contributed by atoms with Crippen LogP contribution in [0, 0.1) is 12.8 Å². The first-order valence-electron chi connectivity index (χ1n) is 11.7. The predicted molar refractivity (Wildman–Crippen MR) is 136 cm³/mol. The summed E-state index contributed by atoms with van der Waals surface area (Å²) in [5.74, 6) is -0.397. The minimum Gasteiger partial charge on any atom is -0.508 e. The van der Waals surface area contributed by atoms with Gasteiger partial charge in [0.2, 0.25) is 0 Å². The van der Waals surface area contributed by atoms with E-state index >= 15 is 0 Å². The number of aromatic hydroxyl groups is 1. The third-order valence-corrected chi connectivity index (χ3v) is 6.87. The van der Waals surface area contributed by atoms with Crippen LogP contribution in [0.4, 0.5) is 5.69 Å². The number of hydrazine groups is 1. The highest BCUT2D eigenvalue weighted by molar-refractivity contribution is 5.69. The van der Waals surface area contributed by atoms with E-state index in [9.17, 15) is 14.7 Å². The lowest BCUT2D eigenvalue weighted by Gasteiger charge is -2.30. The average Bonchev–Trinajstić information content (AvgIpc) is 3.37. The normalized spacial score (nSPS) is 20.6. The number of H-pyrrole nitrogens is 1. The number of aromatic amines is 1. The Morgan fingerprint density at radius 3 is 2.17 bits per heavy atom. The summed E-state index contributed by atoms with van der Waals surface area (Å²) in [7, 11) is 0. The molecule has 7 heteroatoms. The van der Waals surface area contributed by atoms with Gasteiger partial charge in [-0.3, -0.25) is 14.9 Å². The zero-order chi connectivity index (χ0) is 24.5. The Kier molecular flexibility index (Phi) is 6.01. The smallest absolute Gasteiger partial charge is 0.275 e. The minimum atomic E-state index is -0.529. The topological polar surface area (TPSA) is 90.4 Å². The van der Waals surface area contributed by atoms with Crippen LogP contribution in [0.25, 0.3) is 5.69 Å². The lowest BCUT2D eigenvalue weighted by Crippen LogP contribution is -2.41. The Morgan fingerprint density at radius 1 is 0.914 bits per heavy atom. The van der Waals surface area contributed by atoms with Gasteiger partial charge in [0.15, 0.2) is 0 Å². The van der Waals surface area contributed by atoms with Crippen molar-refractivity contribution >= 4 is 12.0 Å². The highest BCUT2D eigenvalue weighted by Crippen LogP contribution is 2.41. The molecular weight excluding hydrogens is 440 g/mol. The molecule has 1 aliphatic heterocycles. The number of benzene rings is 3. The Bertz CT molecular complexity index is 1360. The number of rotatable bonds is 6. The van der Waals surface area contributed by atoms with Crippen molar-refractivity contribution < 1.29 is 9.90 Å². The van der Waals surface area contributed by atoms with Gasteiger partial charge in [0.25, 0.3) is 5.56 Å². The molecule has 3 aromatic carbocycles. The lowest BCUT2D eigenvalue weighted by atomic mass is 9.75. The lowest BCUT2D eigenvalue weighted by molar-refractivity contribution is -0.109. The van der Waals surface area contributed by atoms with E-state index in [4.69, 9.17) is 0 Å². The van der Waals surface area contributed by atoms with Gasteiger partial charge in [0, 0.05) is 29.1 Å². The van der Waals surface area contributed by atoms with E-state index in [2.05, 4.69) is 10.5 Å². The SMILES string of the molecule is Cc1[nH]n(-c2ccccc2)c(=O)c1C(c1ccccc1)C1C(C)NN(c2ccc(O)cc2)C1C=O. The Hall–Kier alpha value is -4.10. The number of hydrogen-bond donors (Lipinski definition) is 3. The number of hydrogen-bond acceptors (Lipinski definition) is 5. The van der Waals surface area contributed by atoms with E-state index in [0.29, 0.717) is 5.56 Å². The number of aromatic nitrogens is 2. The van der Waals surface area contributed by atoms with Crippen LogP contribution >= 0.6 is 0 Å². The molecule has 2 heterocycles. The fourth-order valence-corrected chi connectivity index (χ4v) is 5.28. The number of aldehydes is 1. The Balaban J connectivity index is 1.65. The molecule has 0 aliphatic carbocycles. The summed E-state index contributed by atoms with van der Waals surface area (Å²) in [4.78, 5) is 26.4. The second-order valence-corrected chi connectivity index (χ2v) is 9.02. The molecule has 7 nitrogen and oxygen atoms in total. The number of para-hydroxylation sites is 1. The highest BCUT2D eigenvalue weighted by atomic mass is 16.3. The van der Waals surface area contributed by atoms with Gasteiger partial charge in [-0.05, 0) is 55.8 Å². The van der Waals surface area contributed by atoms with E-state index in [0.717, 1.165) is 28.9 Å². The summed E-state index contributed by atoms with van der Waals surface area (Å²) in [6.07, 6.45) is 0.946. The largest absolute Gasteiger partial charge is 0.508 e. The summed E-state index contributed by atoms with van der Waals surface area (Å²) in [5.41, 5.74) is 7.25. The number of carbonyl (C=O) groups excluding carboxylic acids is 1. The molecule has 0 bridgehead atoms. The van der Waals surface area contributed by atoms with Crippen LogP contribution in [0.5, 0.6) is 5.75 Å². The molecule has 0 amide bonds. The molecule has 4 atom stereocenters. The molecule has 4 unspecified atom stereocenters. The third kappa shape index (κ3) is 4.04. The molecule has 1 saturated heterocycles. The van der Waals surface area contributed by atoms with E-state index in [1.807, 2.05) is 79.5 Å². The van der Waals surface area contributed by atoms with Crippen molar-refractivity contribution in [1.29, 1.82) is 0 Å². The number of phenolic OH excluding ortho intramolecular Hbond substituents is 1. The predicted octanol–water partition coefficient (Wildman–Crippen LogP) is 3.91. The maximum atomic E-state index is 13.8. The van der Waals surface area contributed by atoms with Crippen LogP contribution in [-0.2, 0) is 4.79 Å². The van der Waals surface area contributed by atoms with Crippen LogP contribution in [0.3, 0.4) is 0 Å². The number of phenols is 1. The number of nitrogens with one attached hydrogen (secondary N) is 2. The van der Waals surface area contributed by atoms with Gasteiger partial charge in [-0.1, -0.05) is 48.5 Å². The van der Waals surface area contributed by atoms with Gasteiger partial charge in [-0.15, -0.1) is 0 Å². The van der Waals surface area contributed by atoms with Crippen LogP contribution in [0.15, 0.2) is 89.7 Å². The molecule has 1 aromatic heterocycles. The number of carbonyl (C=O) groups is 1. The summed E-state index contributed by atoms with van der Waals surface area (Å²) >= 11 is 0. The molecule has 3 N–H and O–H groups in total. The molecular formula is C28H28N4O3. The molecule has 4 aromatic rings. The number of aryl methyl sites for hydroxylation is 1. The van der Waals surface area contributed by atoms with Crippen molar-refractivity contribution in [1.82, 2.24) is 15.2 Å². The Morgan fingerprint density at radius 2 is 1.54 bits per heavy atom. The fraction of sp³-hybridized carbons (Fsp3) is 0.214. The molecule has 1 aliphatic rings. The summed E-state index contributed by atoms with van der Waals surface area (Å²) in [5, 5.41) is 14.8. The number of nitrogens with zero attached hydrogens (tertiary/aromatic N) is 2. The van der Waals surface area contributed by atoms with Crippen LogP contribution in [0.1, 0.15) is 29.7 Å². The van der Waals surface area contributed by atoms with Crippen molar-refractivity contribution in [3.05, 3.63) is 112 Å². The second-order valence-electron chi connectivity index (χ2n) is 9.02. The fourth-order valence-electron chi connectivity index (χ4n) is 5.28. The molecule has 35 heavy (non-hydrogen) atoms. The van der Waals surface area contributed by atoms with Gasteiger partial charge in [0.1, 0.15) is 18.1 Å².